The lowest BCUT2D eigenvalue weighted by Gasteiger charge is -2.15. The molecular weight excluding hydrogens is 229 g/mol. The highest BCUT2D eigenvalue weighted by atomic mass is 19.4. The number of nitrogens with one attached hydrogen (secondary N) is 1. The second-order valence-electron chi connectivity index (χ2n) is 4.59. The lowest BCUT2D eigenvalue weighted by molar-refractivity contribution is -0.137. The monoisotopic (exact) mass is 244 g/mol. The Morgan fingerprint density at radius 1 is 1.47 bits per heavy atom. The van der Waals surface area contributed by atoms with Crippen molar-refractivity contribution in [3.63, 3.8) is 0 Å². The molecule has 2 nitrogen and oxygen atoms in total. The first-order chi connectivity index (χ1) is 7.98. The molecule has 0 radical (unpaired) electrons. The summed E-state index contributed by atoms with van der Waals surface area (Å²) >= 11 is 0. The second kappa shape index (κ2) is 4.55. The molecule has 1 heterocycles. The Hall–Kier alpha value is -1.26. The Balaban J connectivity index is 2.04. The molecule has 1 aliphatic carbocycles. The van der Waals surface area contributed by atoms with E-state index in [9.17, 15) is 13.2 Å². The number of hydrogen-bond donors (Lipinski definition) is 1. The number of hydrogen-bond acceptors (Lipinski definition) is 2. The Kier molecular flexibility index (Phi) is 3.26. The molecule has 0 spiro atoms. The maximum atomic E-state index is 12.7. The zero-order valence-corrected chi connectivity index (χ0v) is 9.59. The van der Waals surface area contributed by atoms with Gasteiger partial charge in [0, 0.05) is 12.7 Å². The number of nitrogens with zero attached hydrogens (tertiary/aromatic N) is 1. The number of halogens is 3. The van der Waals surface area contributed by atoms with Crippen LogP contribution in [-0.2, 0) is 6.18 Å². The van der Waals surface area contributed by atoms with Crippen molar-refractivity contribution in [1.29, 1.82) is 0 Å². The summed E-state index contributed by atoms with van der Waals surface area (Å²) in [7, 11) is 0. The second-order valence-corrected chi connectivity index (χ2v) is 4.59. The average molecular weight is 244 g/mol. The maximum Gasteiger partial charge on any atom is 0.419 e. The molecule has 0 amide bonds. The molecule has 1 unspecified atom stereocenters. The van der Waals surface area contributed by atoms with E-state index in [4.69, 9.17) is 0 Å². The predicted octanol–water partition coefficient (Wildman–Crippen LogP) is 3.56. The number of pyridine rings is 1. The summed E-state index contributed by atoms with van der Waals surface area (Å²) in [6, 6.07) is 2.36. The van der Waals surface area contributed by atoms with Crippen LogP contribution in [0.5, 0.6) is 0 Å². The topological polar surface area (TPSA) is 24.9 Å². The van der Waals surface area contributed by atoms with Gasteiger partial charge >= 0.3 is 6.18 Å². The molecule has 5 heteroatoms. The van der Waals surface area contributed by atoms with Gasteiger partial charge in [-0.15, -0.1) is 0 Å². The highest BCUT2D eigenvalue weighted by Gasteiger charge is 2.34. The zero-order valence-electron chi connectivity index (χ0n) is 9.59. The van der Waals surface area contributed by atoms with Gasteiger partial charge in [-0.2, -0.15) is 13.2 Å². The molecule has 1 aromatic rings. The largest absolute Gasteiger partial charge is 0.419 e. The molecule has 0 bridgehead atoms. The Labute approximate surface area is 98.2 Å². The predicted molar refractivity (Wildman–Crippen MR) is 59.6 cm³/mol. The van der Waals surface area contributed by atoms with E-state index < -0.39 is 11.7 Å². The van der Waals surface area contributed by atoms with Gasteiger partial charge in [0.1, 0.15) is 5.82 Å². The molecule has 0 saturated heterocycles. The van der Waals surface area contributed by atoms with E-state index >= 15 is 0 Å². The molecular formula is C12H15F3N2. The average Bonchev–Trinajstić information content (AvgIpc) is 3.08. The third-order valence-corrected chi connectivity index (χ3v) is 3.13. The first-order valence-electron chi connectivity index (χ1n) is 5.74. The Morgan fingerprint density at radius 3 is 2.76 bits per heavy atom. The van der Waals surface area contributed by atoms with Crippen molar-refractivity contribution in [2.24, 2.45) is 11.8 Å². The highest BCUT2D eigenvalue weighted by Crippen LogP contribution is 2.37. The van der Waals surface area contributed by atoms with Gasteiger partial charge in [-0.25, -0.2) is 4.98 Å². The van der Waals surface area contributed by atoms with Crippen LogP contribution in [0, 0.1) is 11.8 Å². The third kappa shape index (κ3) is 3.11. The van der Waals surface area contributed by atoms with Crippen molar-refractivity contribution in [2.45, 2.75) is 25.9 Å². The molecule has 94 valence electrons. The molecule has 1 aliphatic rings. The van der Waals surface area contributed by atoms with Gasteiger partial charge in [0.05, 0.1) is 5.56 Å². The highest BCUT2D eigenvalue weighted by molar-refractivity contribution is 5.45. The van der Waals surface area contributed by atoms with Crippen LogP contribution in [0.3, 0.4) is 0 Å². The first kappa shape index (κ1) is 12.2. The number of aromatic nitrogens is 1. The summed E-state index contributed by atoms with van der Waals surface area (Å²) in [5.74, 6) is 1.01. The van der Waals surface area contributed by atoms with Gasteiger partial charge in [-0.1, -0.05) is 6.92 Å². The van der Waals surface area contributed by atoms with E-state index in [0.717, 1.165) is 6.07 Å². The minimum atomic E-state index is -4.35. The van der Waals surface area contributed by atoms with Crippen LogP contribution in [0.1, 0.15) is 25.3 Å². The van der Waals surface area contributed by atoms with Crippen LogP contribution in [0.15, 0.2) is 18.3 Å². The van der Waals surface area contributed by atoms with Crippen molar-refractivity contribution in [1.82, 2.24) is 4.98 Å². The van der Waals surface area contributed by atoms with E-state index in [-0.39, 0.29) is 5.82 Å². The van der Waals surface area contributed by atoms with Gasteiger partial charge in [-0.3, -0.25) is 0 Å². The van der Waals surface area contributed by atoms with E-state index in [1.807, 2.05) is 0 Å². The minimum Gasteiger partial charge on any atom is -0.369 e. The molecule has 1 saturated carbocycles. The van der Waals surface area contributed by atoms with E-state index in [1.165, 1.54) is 25.1 Å². The fraction of sp³-hybridized carbons (Fsp3) is 0.583. The van der Waals surface area contributed by atoms with Crippen molar-refractivity contribution in [3.05, 3.63) is 23.9 Å². The minimum absolute atomic E-state index is 0.0625. The molecule has 1 N–H and O–H groups in total. The summed E-state index contributed by atoms with van der Waals surface area (Å²) < 4.78 is 38.0. The van der Waals surface area contributed by atoms with E-state index in [1.54, 1.807) is 0 Å². The van der Waals surface area contributed by atoms with Crippen LogP contribution >= 0.6 is 0 Å². The van der Waals surface area contributed by atoms with Crippen molar-refractivity contribution in [2.75, 3.05) is 11.9 Å². The van der Waals surface area contributed by atoms with Gasteiger partial charge in [-0.05, 0) is 36.8 Å². The fourth-order valence-corrected chi connectivity index (χ4v) is 1.86. The third-order valence-electron chi connectivity index (χ3n) is 3.13. The summed E-state index contributed by atoms with van der Waals surface area (Å²) in [5.41, 5.74) is -0.692. The van der Waals surface area contributed by atoms with Crippen molar-refractivity contribution >= 4 is 5.82 Å². The lowest BCUT2D eigenvalue weighted by Crippen LogP contribution is -2.17. The van der Waals surface area contributed by atoms with Crippen LogP contribution in [-0.4, -0.2) is 11.5 Å². The van der Waals surface area contributed by atoms with Crippen LogP contribution < -0.4 is 5.32 Å². The summed E-state index contributed by atoms with van der Waals surface area (Å²) in [6.07, 6.45) is -0.590. The SMILES string of the molecule is CC(CNc1ncccc1C(F)(F)F)C1CC1. The van der Waals surface area contributed by atoms with Gasteiger partial charge in [0.25, 0.3) is 0 Å². The number of rotatable bonds is 4. The van der Waals surface area contributed by atoms with Crippen LogP contribution in [0.4, 0.5) is 19.0 Å². The molecule has 1 aromatic heterocycles. The first-order valence-corrected chi connectivity index (χ1v) is 5.74. The maximum absolute atomic E-state index is 12.7. The molecule has 17 heavy (non-hydrogen) atoms. The lowest BCUT2D eigenvalue weighted by atomic mass is 10.1. The van der Waals surface area contributed by atoms with E-state index in [0.29, 0.717) is 18.4 Å². The zero-order chi connectivity index (χ0) is 12.5. The molecule has 0 aromatic carbocycles. The summed E-state index contributed by atoms with van der Waals surface area (Å²) in [5, 5.41) is 2.81. The summed E-state index contributed by atoms with van der Waals surface area (Å²) in [6.45, 7) is 2.60. The van der Waals surface area contributed by atoms with E-state index in [2.05, 4.69) is 17.2 Å². The molecule has 0 aliphatic heterocycles. The van der Waals surface area contributed by atoms with Crippen LogP contribution in [0.2, 0.25) is 0 Å². The molecule has 1 fully saturated rings. The van der Waals surface area contributed by atoms with Gasteiger partial charge in [0.2, 0.25) is 0 Å². The van der Waals surface area contributed by atoms with Gasteiger partial charge < -0.3 is 5.32 Å². The van der Waals surface area contributed by atoms with Gasteiger partial charge in [0.15, 0.2) is 0 Å². The Morgan fingerprint density at radius 2 is 2.18 bits per heavy atom. The summed E-state index contributed by atoms with van der Waals surface area (Å²) in [4.78, 5) is 3.77. The molecule has 2 rings (SSSR count). The van der Waals surface area contributed by atoms with Crippen molar-refractivity contribution < 1.29 is 13.2 Å². The molecule has 1 atom stereocenters. The van der Waals surface area contributed by atoms with Crippen molar-refractivity contribution in [3.8, 4) is 0 Å². The number of alkyl halides is 3. The standard InChI is InChI=1S/C12H15F3N2/c1-8(9-4-5-9)7-17-11-10(12(13,14)15)3-2-6-16-11/h2-3,6,8-9H,4-5,7H2,1H3,(H,16,17). The smallest absolute Gasteiger partial charge is 0.369 e. The van der Waals surface area contributed by atoms with Crippen LogP contribution in [0.25, 0.3) is 0 Å². The quantitative estimate of drug-likeness (QED) is 0.876. The number of anilines is 1. The normalized spacial score (nSPS) is 17.9. The fourth-order valence-electron chi connectivity index (χ4n) is 1.86. The Bertz CT molecular complexity index is 386.